The highest BCUT2D eigenvalue weighted by molar-refractivity contribution is 8.00. The van der Waals surface area contributed by atoms with E-state index in [1.165, 1.54) is 23.1 Å². The smallest absolute Gasteiger partial charge is 0.263 e. The van der Waals surface area contributed by atoms with Crippen LogP contribution in [0.5, 0.6) is 0 Å². The molecule has 3 aromatic rings. The molecule has 0 saturated heterocycles. The standard InChI is InChI=1S/C21H24ClN3O2S2/c1-5-6-11-25-20(27)17-12(2)13(3)28-19(17)24-21(25)29-14(4)18(26)23-16-10-8-7-9-15(16)22/h7-10,14H,5-6,11H2,1-4H3,(H,23,26). The Hall–Kier alpha value is -1.83. The topological polar surface area (TPSA) is 64.0 Å². The van der Waals surface area contributed by atoms with Crippen molar-refractivity contribution in [2.75, 3.05) is 5.32 Å². The van der Waals surface area contributed by atoms with E-state index in [4.69, 9.17) is 16.6 Å². The summed E-state index contributed by atoms with van der Waals surface area (Å²) in [5.74, 6) is -0.182. The molecule has 0 aliphatic carbocycles. The van der Waals surface area contributed by atoms with Crippen LogP contribution in [0.25, 0.3) is 10.2 Å². The molecule has 1 aromatic carbocycles. The Morgan fingerprint density at radius 2 is 2.07 bits per heavy atom. The van der Waals surface area contributed by atoms with Gasteiger partial charge in [0.05, 0.1) is 21.3 Å². The maximum absolute atomic E-state index is 13.2. The predicted octanol–water partition coefficient (Wildman–Crippen LogP) is 5.65. The molecule has 0 saturated carbocycles. The number of nitrogens with zero attached hydrogens (tertiary/aromatic N) is 2. The highest BCUT2D eigenvalue weighted by Gasteiger charge is 2.22. The molecule has 0 fully saturated rings. The maximum atomic E-state index is 13.2. The molecule has 0 bridgehead atoms. The number of anilines is 1. The molecular weight excluding hydrogens is 426 g/mol. The second kappa shape index (κ2) is 9.32. The van der Waals surface area contributed by atoms with Gasteiger partial charge in [0.2, 0.25) is 5.91 Å². The van der Waals surface area contributed by atoms with Gasteiger partial charge in [0.15, 0.2) is 5.16 Å². The summed E-state index contributed by atoms with van der Waals surface area (Å²) in [4.78, 5) is 32.5. The third-order valence-electron chi connectivity index (χ3n) is 4.77. The van der Waals surface area contributed by atoms with Gasteiger partial charge >= 0.3 is 0 Å². The Labute approximate surface area is 183 Å². The lowest BCUT2D eigenvalue weighted by molar-refractivity contribution is -0.115. The van der Waals surface area contributed by atoms with Crippen LogP contribution in [0.2, 0.25) is 5.02 Å². The average Bonchev–Trinajstić information content (AvgIpc) is 2.97. The second-order valence-corrected chi connectivity index (χ2v) is 9.82. The van der Waals surface area contributed by atoms with E-state index >= 15 is 0 Å². The molecule has 8 heteroatoms. The predicted molar refractivity (Wildman–Crippen MR) is 124 cm³/mol. The van der Waals surface area contributed by atoms with Crippen molar-refractivity contribution in [3.8, 4) is 0 Å². The number of halogens is 1. The Bertz CT molecular complexity index is 1110. The van der Waals surface area contributed by atoms with Crippen LogP contribution in [0, 0.1) is 13.8 Å². The maximum Gasteiger partial charge on any atom is 0.263 e. The summed E-state index contributed by atoms with van der Waals surface area (Å²) in [6.07, 6.45) is 1.85. The van der Waals surface area contributed by atoms with E-state index in [9.17, 15) is 9.59 Å². The van der Waals surface area contributed by atoms with E-state index in [1.807, 2.05) is 32.9 Å². The number of benzene rings is 1. The fraction of sp³-hybridized carbons (Fsp3) is 0.381. The first kappa shape index (κ1) is 21.9. The normalized spacial score (nSPS) is 12.3. The van der Waals surface area contributed by atoms with Crippen molar-refractivity contribution >= 4 is 56.5 Å². The molecule has 1 atom stereocenters. The van der Waals surface area contributed by atoms with Gasteiger partial charge in [-0.25, -0.2) is 4.98 Å². The molecule has 0 aliphatic heterocycles. The van der Waals surface area contributed by atoms with Crippen molar-refractivity contribution in [3.05, 3.63) is 50.1 Å². The number of unbranched alkanes of at least 4 members (excludes halogenated alkanes) is 1. The van der Waals surface area contributed by atoms with Crippen molar-refractivity contribution in [1.29, 1.82) is 0 Å². The van der Waals surface area contributed by atoms with E-state index in [0.717, 1.165) is 28.1 Å². The molecule has 1 N–H and O–H groups in total. The first-order chi connectivity index (χ1) is 13.8. The number of aryl methyl sites for hydroxylation is 2. The molecule has 154 valence electrons. The molecule has 0 radical (unpaired) electrons. The number of thioether (sulfide) groups is 1. The zero-order chi connectivity index (χ0) is 21.1. The lowest BCUT2D eigenvalue weighted by Gasteiger charge is -2.16. The van der Waals surface area contributed by atoms with Crippen LogP contribution in [0.3, 0.4) is 0 Å². The van der Waals surface area contributed by atoms with E-state index in [0.29, 0.717) is 27.8 Å². The van der Waals surface area contributed by atoms with Gasteiger partial charge in [0.1, 0.15) is 4.83 Å². The van der Waals surface area contributed by atoms with E-state index in [2.05, 4.69) is 12.2 Å². The number of nitrogens with one attached hydrogen (secondary N) is 1. The minimum Gasteiger partial charge on any atom is -0.324 e. The highest BCUT2D eigenvalue weighted by atomic mass is 35.5. The van der Waals surface area contributed by atoms with Crippen LogP contribution in [-0.2, 0) is 11.3 Å². The molecule has 29 heavy (non-hydrogen) atoms. The molecule has 0 spiro atoms. The number of para-hydroxylation sites is 1. The molecule has 0 aliphatic rings. The zero-order valence-electron chi connectivity index (χ0n) is 16.9. The summed E-state index contributed by atoms with van der Waals surface area (Å²) >= 11 is 8.97. The highest BCUT2D eigenvalue weighted by Crippen LogP contribution is 2.30. The van der Waals surface area contributed by atoms with Crippen molar-refractivity contribution in [1.82, 2.24) is 9.55 Å². The van der Waals surface area contributed by atoms with Gasteiger partial charge in [-0.2, -0.15) is 0 Å². The summed E-state index contributed by atoms with van der Waals surface area (Å²) in [5.41, 5.74) is 1.54. The van der Waals surface area contributed by atoms with Crippen molar-refractivity contribution in [2.45, 2.75) is 57.5 Å². The first-order valence-corrected chi connectivity index (χ1v) is 11.6. The van der Waals surface area contributed by atoms with Crippen LogP contribution in [-0.4, -0.2) is 20.7 Å². The summed E-state index contributed by atoms with van der Waals surface area (Å²) < 4.78 is 1.72. The van der Waals surface area contributed by atoms with Gasteiger partial charge in [0, 0.05) is 11.4 Å². The Morgan fingerprint density at radius 3 is 2.76 bits per heavy atom. The third kappa shape index (κ3) is 4.68. The Balaban J connectivity index is 1.92. The summed E-state index contributed by atoms with van der Waals surface area (Å²) in [5, 5.41) is 4.18. The Kier molecular flexibility index (Phi) is 7.03. The molecule has 1 amide bonds. The van der Waals surface area contributed by atoms with Gasteiger partial charge < -0.3 is 5.32 Å². The quantitative estimate of drug-likeness (QED) is 0.374. The van der Waals surface area contributed by atoms with Crippen molar-refractivity contribution < 1.29 is 4.79 Å². The van der Waals surface area contributed by atoms with Crippen LogP contribution in [0.1, 0.15) is 37.1 Å². The largest absolute Gasteiger partial charge is 0.324 e. The second-order valence-electron chi connectivity index (χ2n) is 6.90. The summed E-state index contributed by atoms with van der Waals surface area (Å²) in [6, 6.07) is 7.12. The lowest BCUT2D eigenvalue weighted by atomic mass is 10.2. The van der Waals surface area contributed by atoms with Gasteiger partial charge in [0.25, 0.3) is 5.56 Å². The van der Waals surface area contributed by atoms with Gasteiger partial charge in [-0.05, 0) is 44.9 Å². The van der Waals surface area contributed by atoms with Crippen molar-refractivity contribution in [3.63, 3.8) is 0 Å². The van der Waals surface area contributed by atoms with Gasteiger partial charge in [-0.3, -0.25) is 14.2 Å². The lowest BCUT2D eigenvalue weighted by Crippen LogP contribution is -2.27. The Morgan fingerprint density at radius 1 is 1.34 bits per heavy atom. The molecule has 1 unspecified atom stereocenters. The number of carbonyl (C=O) groups is 1. The molecule has 5 nitrogen and oxygen atoms in total. The summed E-state index contributed by atoms with van der Waals surface area (Å²) in [7, 11) is 0. The number of hydrogen-bond acceptors (Lipinski definition) is 5. The van der Waals surface area contributed by atoms with Gasteiger partial charge in [-0.1, -0.05) is 48.8 Å². The fourth-order valence-corrected chi connectivity index (χ4v) is 5.11. The minimum atomic E-state index is -0.439. The van der Waals surface area contributed by atoms with E-state index < -0.39 is 5.25 Å². The number of carbonyl (C=O) groups excluding carboxylic acids is 1. The number of amides is 1. The molecule has 2 aromatic heterocycles. The van der Waals surface area contributed by atoms with Crippen molar-refractivity contribution in [2.24, 2.45) is 0 Å². The van der Waals surface area contributed by atoms with Crippen LogP contribution >= 0.6 is 34.7 Å². The number of fused-ring (bicyclic) bond motifs is 1. The molecular formula is C21H24ClN3O2S2. The van der Waals surface area contributed by atoms with Crippen LogP contribution in [0.4, 0.5) is 5.69 Å². The van der Waals surface area contributed by atoms with E-state index in [1.54, 1.807) is 16.7 Å². The molecule has 3 rings (SSSR count). The average molecular weight is 450 g/mol. The van der Waals surface area contributed by atoms with Crippen LogP contribution in [0.15, 0.2) is 34.2 Å². The molecule has 2 heterocycles. The third-order valence-corrected chi connectivity index (χ3v) is 7.29. The number of hydrogen-bond donors (Lipinski definition) is 1. The zero-order valence-corrected chi connectivity index (χ0v) is 19.3. The SMILES string of the molecule is CCCCn1c(SC(C)C(=O)Nc2ccccc2Cl)nc2sc(C)c(C)c2c1=O. The number of aromatic nitrogens is 2. The minimum absolute atomic E-state index is 0.0217. The monoisotopic (exact) mass is 449 g/mol. The van der Waals surface area contributed by atoms with Crippen LogP contribution < -0.4 is 10.9 Å². The fourth-order valence-electron chi connectivity index (χ4n) is 2.92. The first-order valence-electron chi connectivity index (χ1n) is 9.56. The number of rotatable bonds is 7. The van der Waals surface area contributed by atoms with Gasteiger partial charge in [-0.15, -0.1) is 11.3 Å². The summed E-state index contributed by atoms with van der Waals surface area (Å²) in [6.45, 7) is 8.46. The van der Waals surface area contributed by atoms with E-state index in [-0.39, 0.29) is 11.5 Å². The number of thiophene rings is 1.